The number of hydrogen-bond donors (Lipinski definition) is 0. The molecule has 0 spiro atoms. The van der Waals surface area contributed by atoms with Crippen molar-refractivity contribution in [3.8, 4) is 0 Å². The summed E-state index contributed by atoms with van der Waals surface area (Å²) in [5.74, 6) is 0. The van der Waals surface area contributed by atoms with E-state index in [4.69, 9.17) is 0 Å². The minimum atomic E-state index is 1.08. The Balaban J connectivity index is 2.20. The van der Waals surface area contributed by atoms with Gasteiger partial charge in [-0.05, 0) is 38.2 Å². The Labute approximate surface area is 76.4 Å². The van der Waals surface area contributed by atoms with Crippen LogP contribution in [0.5, 0.6) is 0 Å². The molecule has 1 radical (unpaired) electrons. The highest BCUT2D eigenvalue weighted by molar-refractivity contribution is 4.89. The zero-order valence-electron chi connectivity index (χ0n) is 7.89. The maximum atomic E-state index is 3.33. The van der Waals surface area contributed by atoms with Crippen LogP contribution < -0.4 is 0 Å². The van der Waals surface area contributed by atoms with Crippen LogP contribution in [0.15, 0.2) is 18.2 Å². The first kappa shape index (κ1) is 9.57. The van der Waals surface area contributed by atoms with Gasteiger partial charge in [0.1, 0.15) is 0 Å². The Kier molecular flexibility index (Phi) is 5.70. The van der Waals surface area contributed by atoms with Gasteiger partial charge in [-0.25, -0.2) is 0 Å². The minimum absolute atomic E-state index is 1.08. The first-order valence-electron chi connectivity index (χ1n) is 5.20. The Morgan fingerprint density at radius 2 is 1.67 bits per heavy atom. The fraction of sp³-hybridized carbons (Fsp3) is 0.667. The van der Waals surface area contributed by atoms with Crippen LogP contribution in [0.2, 0.25) is 0 Å². The molecule has 0 bridgehead atoms. The Morgan fingerprint density at radius 1 is 0.833 bits per heavy atom. The van der Waals surface area contributed by atoms with E-state index >= 15 is 0 Å². The van der Waals surface area contributed by atoms with Gasteiger partial charge in [0.15, 0.2) is 0 Å². The molecule has 0 saturated heterocycles. The lowest BCUT2D eigenvalue weighted by Gasteiger charge is -1.98. The lowest BCUT2D eigenvalue weighted by Crippen LogP contribution is -1.79. The Hall–Kier alpha value is -0.520. The van der Waals surface area contributed by atoms with Gasteiger partial charge in [0.25, 0.3) is 0 Å². The van der Waals surface area contributed by atoms with E-state index in [1.807, 2.05) is 0 Å². The average Bonchev–Trinajstić information content (AvgIpc) is 2.05. The van der Waals surface area contributed by atoms with E-state index in [0.29, 0.717) is 0 Å². The summed E-state index contributed by atoms with van der Waals surface area (Å²) in [5.41, 5.74) is 0. The van der Waals surface area contributed by atoms with E-state index in [1.54, 1.807) is 0 Å². The van der Waals surface area contributed by atoms with Gasteiger partial charge in [-0.2, -0.15) is 0 Å². The second kappa shape index (κ2) is 7.15. The molecule has 0 N–H and O–H groups in total. The summed E-state index contributed by atoms with van der Waals surface area (Å²) in [6, 6.07) is 0. The molecule has 0 saturated carbocycles. The van der Waals surface area contributed by atoms with Crippen molar-refractivity contribution in [3.05, 3.63) is 24.3 Å². The van der Waals surface area contributed by atoms with Crippen molar-refractivity contribution < 1.29 is 0 Å². The zero-order chi connectivity index (χ0) is 8.49. The summed E-state index contributed by atoms with van der Waals surface area (Å²) >= 11 is 0. The molecule has 1 aliphatic carbocycles. The Morgan fingerprint density at radius 3 is 2.67 bits per heavy atom. The quantitative estimate of drug-likeness (QED) is 0.473. The van der Waals surface area contributed by atoms with Crippen molar-refractivity contribution >= 4 is 0 Å². The molecule has 0 aromatic carbocycles. The third-order valence-corrected chi connectivity index (χ3v) is 2.26. The van der Waals surface area contributed by atoms with Crippen LogP contribution in [0.3, 0.4) is 0 Å². The first-order valence-corrected chi connectivity index (χ1v) is 5.20. The van der Waals surface area contributed by atoms with Crippen LogP contribution in [0, 0.1) is 6.08 Å². The summed E-state index contributed by atoms with van der Waals surface area (Å²) in [4.78, 5) is 0. The van der Waals surface area contributed by atoms with Crippen molar-refractivity contribution in [1.29, 1.82) is 0 Å². The number of rotatable bonds is 0. The maximum absolute atomic E-state index is 3.33. The highest BCUT2D eigenvalue weighted by Crippen LogP contribution is 2.09. The summed E-state index contributed by atoms with van der Waals surface area (Å²) in [6.45, 7) is 0. The average molecular weight is 163 g/mol. The van der Waals surface area contributed by atoms with Crippen LogP contribution >= 0.6 is 0 Å². The summed E-state index contributed by atoms with van der Waals surface area (Å²) in [5, 5.41) is 0. The van der Waals surface area contributed by atoms with Gasteiger partial charge in [0.05, 0.1) is 0 Å². The van der Waals surface area contributed by atoms with E-state index < -0.39 is 0 Å². The van der Waals surface area contributed by atoms with Crippen LogP contribution in [0.25, 0.3) is 0 Å². The van der Waals surface area contributed by atoms with Crippen molar-refractivity contribution in [2.75, 3.05) is 0 Å². The van der Waals surface area contributed by atoms with Crippen LogP contribution in [0.1, 0.15) is 51.4 Å². The zero-order valence-corrected chi connectivity index (χ0v) is 7.89. The molecule has 0 heteroatoms. The highest BCUT2D eigenvalue weighted by Gasteiger charge is 1.89. The van der Waals surface area contributed by atoms with Gasteiger partial charge in [-0.3, -0.25) is 0 Å². The van der Waals surface area contributed by atoms with E-state index in [2.05, 4.69) is 24.3 Å². The third-order valence-electron chi connectivity index (χ3n) is 2.26. The Bertz CT molecular complexity index is 126. The molecule has 1 rings (SSSR count). The van der Waals surface area contributed by atoms with Crippen molar-refractivity contribution in [1.82, 2.24) is 0 Å². The summed E-state index contributed by atoms with van der Waals surface area (Å²) in [6.07, 6.45) is 20.5. The van der Waals surface area contributed by atoms with Crippen molar-refractivity contribution in [2.24, 2.45) is 0 Å². The van der Waals surface area contributed by atoms with E-state index in [-0.39, 0.29) is 0 Å². The van der Waals surface area contributed by atoms with E-state index in [0.717, 1.165) is 12.8 Å². The molecule has 0 fully saturated rings. The number of hydrogen-bond acceptors (Lipinski definition) is 0. The summed E-state index contributed by atoms with van der Waals surface area (Å²) < 4.78 is 0. The molecule has 12 heavy (non-hydrogen) atoms. The molecule has 0 atom stereocenters. The van der Waals surface area contributed by atoms with Crippen LogP contribution in [0.4, 0.5) is 0 Å². The van der Waals surface area contributed by atoms with Crippen molar-refractivity contribution in [2.45, 2.75) is 51.4 Å². The second-order valence-corrected chi connectivity index (χ2v) is 3.42. The maximum Gasteiger partial charge on any atom is -0.0163 e. The van der Waals surface area contributed by atoms with Gasteiger partial charge in [-0.1, -0.05) is 37.5 Å². The minimum Gasteiger partial charge on any atom is -0.0882 e. The van der Waals surface area contributed by atoms with Crippen molar-refractivity contribution in [3.63, 3.8) is 0 Å². The SMILES string of the molecule is [C]1=C/C/C=C\CCCCCCC/1. The van der Waals surface area contributed by atoms with Gasteiger partial charge in [-0.15, -0.1) is 0 Å². The van der Waals surface area contributed by atoms with Gasteiger partial charge < -0.3 is 0 Å². The van der Waals surface area contributed by atoms with Crippen LogP contribution in [-0.4, -0.2) is 0 Å². The highest BCUT2D eigenvalue weighted by atomic mass is 14.0. The van der Waals surface area contributed by atoms with E-state index in [9.17, 15) is 0 Å². The molecule has 0 aromatic heterocycles. The molecule has 0 aliphatic heterocycles. The summed E-state index contributed by atoms with van der Waals surface area (Å²) in [7, 11) is 0. The third kappa shape index (κ3) is 5.17. The van der Waals surface area contributed by atoms with Gasteiger partial charge >= 0.3 is 0 Å². The molecule has 0 heterocycles. The molecule has 0 nitrogen and oxygen atoms in total. The molecule has 67 valence electrons. The van der Waals surface area contributed by atoms with Crippen LogP contribution in [-0.2, 0) is 0 Å². The second-order valence-electron chi connectivity index (χ2n) is 3.42. The molecule has 1 aliphatic rings. The fourth-order valence-electron chi connectivity index (χ4n) is 1.49. The number of allylic oxidation sites excluding steroid dienone is 4. The standard InChI is InChI=1S/C12H19/c1-2-4-6-8-10-12-11-9-7-5-3-1/h1-2,5H,3-4,6,8-12H2/b2-1-,7-5?. The molecule has 0 amide bonds. The van der Waals surface area contributed by atoms with Gasteiger partial charge in [0, 0.05) is 0 Å². The first-order chi connectivity index (χ1) is 6.00. The lowest BCUT2D eigenvalue weighted by atomic mass is 10.1. The molecule has 0 unspecified atom stereocenters. The predicted molar refractivity (Wildman–Crippen MR) is 53.9 cm³/mol. The van der Waals surface area contributed by atoms with Gasteiger partial charge in [0.2, 0.25) is 0 Å². The predicted octanol–water partition coefficient (Wildman–Crippen LogP) is 4.04. The molecule has 0 aromatic rings. The molecular weight excluding hydrogens is 144 g/mol. The van der Waals surface area contributed by atoms with E-state index in [1.165, 1.54) is 38.5 Å². The topological polar surface area (TPSA) is 0 Å². The fourth-order valence-corrected chi connectivity index (χ4v) is 1.49. The monoisotopic (exact) mass is 163 g/mol. The lowest BCUT2D eigenvalue weighted by molar-refractivity contribution is 0.618. The molecular formula is C12H19. The normalized spacial score (nSPS) is 26.7. The smallest absolute Gasteiger partial charge is 0.0163 e. The largest absolute Gasteiger partial charge is 0.0882 e.